The van der Waals surface area contributed by atoms with Crippen LogP contribution in [0.5, 0.6) is 5.75 Å². The van der Waals surface area contributed by atoms with Gasteiger partial charge in [-0.15, -0.1) is 0 Å². The molecule has 1 aliphatic heterocycles. The van der Waals surface area contributed by atoms with Crippen LogP contribution in [0.1, 0.15) is 24.2 Å². The molecule has 1 aliphatic rings. The Kier molecular flexibility index (Phi) is 5.41. The summed E-state index contributed by atoms with van der Waals surface area (Å²) in [4.78, 5) is 12.4. The lowest BCUT2D eigenvalue weighted by Crippen LogP contribution is -2.48. The van der Waals surface area contributed by atoms with Gasteiger partial charge in [-0.05, 0) is 44.2 Å². The Hall–Kier alpha value is -2.22. The largest absolute Gasteiger partial charge is 0.423 e. The van der Waals surface area contributed by atoms with E-state index in [0.717, 1.165) is 0 Å². The molecule has 3 rings (SSSR count). The summed E-state index contributed by atoms with van der Waals surface area (Å²) >= 11 is 0. The number of nitrogens with zero attached hydrogens (tertiary/aromatic N) is 1. The second-order valence-corrected chi connectivity index (χ2v) is 8.25. The first kappa shape index (κ1) is 18.6. The summed E-state index contributed by atoms with van der Waals surface area (Å²) in [5, 5.41) is 0. The topological polar surface area (TPSA) is 72.9 Å². The number of benzene rings is 2. The number of morpholine rings is 1. The number of ether oxygens (including phenoxy) is 2. The molecule has 0 saturated carbocycles. The number of esters is 1. The average Bonchev–Trinajstić information content (AvgIpc) is 2.62. The molecule has 7 heteroatoms. The van der Waals surface area contributed by atoms with Crippen LogP contribution in [0.2, 0.25) is 0 Å². The van der Waals surface area contributed by atoms with Crippen molar-refractivity contribution in [2.24, 2.45) is 0 Å². The molecule has 1 fully saturated rings. The third kappa shape index (κ3) is 4.12. The second kappa shape index (κ2) is 7.57. The Morgan fingerprint density at radius 3 is 2.35 bits per heavy atom. The number of hydrogen-bond donors (Lipinski definition) is 0. The van der Waals surface area contributed by atoms with Crippen LogP contribution < -0.4 is 4.74 Å². The van der Waals surface area contributed by atoms with Crippen molar-refractivity contribution in [3.8, 4) is 5.75 Å². The molecule has 6 nitrogen and oxygen atoms in total. The molecule has 2 aromatic rings. The van der Waals surface area contributed by atoms with Crippen LogP contribution in [-0.4, -0.2) is 44.0 Å². The molecule has 1 heterocycles. The number of para-hydroxylation sites is 1. The van der Waals surface area contributed by atoms with Gasteiger partial charge < -0.3 is 9.47 Å². The Morgan fingerprint density at radius 2 is 1.69 bits per heavy atom. The molecule has 2 aromatic carbocycles. The van der Waals surface area contributed by atoms with Gasteiger partial charge in [0.2, 0.25) is 10.0 Å². The van der Waals surface area contributed by atoms with Crippen molar-refractivity contribution < 1.29 is 22.7 Å². The fourth-order valence-corrected chi connectivity index (χ4v) is 4.55. The zero-order valence-electron chi connectivity index (χ0n) is 14.7. The zero-order chi connectivity index (χ0) is 18.7. The normalized spacial score (nSPS) is 21.3. The van der Waals surface area contributed by atoms with Gasteiger partial charge in [0.25, 0.3) is 0 Å². The molecule has 0 unspecified atom stereocenters. The van der Waals surface area contributed by atoms with Gasteiger partial charge in [0.05, 0.1) is 22.7 Å². The Bertz CT molecular complexity index is 872. The maximum Gasteiger partial charge on any atom is 0.343 e. The maximum atomic E-state index is 12.9. The van der Waals surface area contributed by atoms with Gasteiger partial charge in [-0.3, -0.25) is 0 Å². The number of sulfonamides is 1. The molecule has 26 heavy (non-hydrogen) atoms. The first-order valence-electron chi connectivity index (χ1n) is 8.39. The summed E-state index contributed by atoms with van der Waals surface area (Å²) in [5.41, 5.74) is 0.185. The Morgan fingerprint density at radius 1 is 1.04 bits per heavy atom. The Balaban J connectivity index is 1.83. The third-order valence-corrected chi connectivity index (χ3v) is 5.88. The highest BCUT2D eigenvalue weighted by molar-refractivity contribution is 7.89. The van der Waals surface area contributed by atoms with Crippen molar-refractivity contribution in [1.29, 1.82) is 0 Å². The van der Waals surface area contributed by atoms with E-state index in [0.29, 0.717) is 5.75 Å². The summed E-state index contributed by atoms with van der Waals surface area (Å²) in [7, 11) is -3.71. The summed E-state index contributed by atoms with van der Waals surface area (Å²) in [5.74, 6) is -0.196. The fourth-order valence-electron chi connectivity index (χ4n) is 2.91. The van der Waals surface area contributed by atoms with Crippen molar-refractivity contribution in [2.75, 3.05) is 13.1 Å². The van der Waals surface area contributed by atoms with E-state index < -0.39 is 16.0 Å². The SMILES string of the molecule is C[C@H]1CN(S(=O)(=O)c2cccc(C(=O)Oc3ccccc3)c2)C[C@H](C)O1. The van der Waals surface area contributed by atoms with Crippen LogP contribution in [0.25, 0.3) is 0 Å². The van der Waals surface area contributed by atoms with E-state index in [-0.39, 0.29) is 35.8 Å². The van der Waals surface area contributed by atoms with Crippen molar-refractivity contribution in [3.63, 3.8) is 0 Å². The van der Waals surface area contributed by atoms with Crippen LogP contribution >= 0.6 is 0 Å². The Labute approximate surface area is 153 Å². The second-order valence-electron chi connectivity index (χ2n) is 6.31. The third-order valence-electron chi connectivity index (χ3n) is 4.05. The van der Waals surface area contributed by atoms with E-state index >= 15 is 0 Å². The molecule has 0 amide bonds. The molecule has 0 bridgehead atoms. The average molecular weight is 375 g/mol. The van der Waals surface area contributed by atoms with E-state index in [1.807, 2.05) is 19.9 Å². The zero-order valence-corrected chi connectivity index (χ0v) is 15.5. The molecule has 0 aliphatic carbocycles. The number of rotatable bonds is 4. The molecule has 0 N–H and O–H groups in total. The number of carbonyl (C=O) groups is 1. The summed E-state index contributed by atoms with van der Waals surface area (Å²) in [6.45, 7) is 4.24. The highest BCUT2D eigenvalue weighted by Gasteiger charge is 2.32. The van der Waals surface area contributed by atoms with Crippen molar-refractivity contribution in [2.45, 2.75) is 31.0 Å². The van der Waals surface area contributed by atoms with Crippen molar-refractivity contribution in [3.05, 3.63) is 60.2 Å². The van der Waals surface area contributed by atoms with Crippen LogP contribution in [0.4, 0.5) is 0 Å². The van der Waals surface area contributed by atoms with Crippen molar-refractivity contribution in [1.82, 2.24) is 4.31 Å². The van der Waals surface area contributed by atoms with E-state index in [2.05, 4.69) is 0 Å². The predicted molar refractivity (Wildman–Crippen MR) is 96.6 cm³/mol. The fraction of sp³-hybridized carbons (Fsp3) is 0.316. The van der Waals surface area contributed by atoms with Crippen molar-refractivity contribution >= 4 is 16.0 Å². The summed E-state index contributed by atoms with van der Waals surface area (Å²) < 4.78 is 38.1. The molecule has 2 atom stereocenters. The molecule has 0 spiro atoms. The first-order chi connectivity index (χ1) is 12.4. The monoisotopic (exact) mass is 375 g/mol. The lowest BCUT2D eigenvalue weighted by atomic mass is 10.2. The van der Waals surface area contributed by atoms with Gasteiger partial charge in [-0.2, -0.15) is 4.31 Å². The van der Waals surface area contributed by atoms with E-state index in [4.69, 9.17) is 9.47 Å². The minimum Gasteiger partial charge on any atom is -0.423 e. The number of carbonyl (C=O) groups excluding carboxylic acids is 1. The van der Waals surface area contributed by atoms with E-state index in [9.17, 15) is 13.2 Å². The molecule has 138 valence electrons. The molecule has 0 radical (unpaired) electrons. The standard InChI is InChI=1S/C19H21NO5S/c1-14-12-20(13-15(2)24-14)26(22,23)18-10-6-7-16(11-18)19(21)25-17-8-4-3-5-9-17/h3-11,14-15H,12-13H2,1-2H3/t14-,15-/m0/s1. The highest BCUT2D eigenvalue weighted by atomic mass is 32.2. The van der Waals surface area contributed by atoms with Gasteiger partial charge in [-0.25, -0.2) is 13.2 Å². The molecular weight excluding hydrogens is 354 g/mol. The van der Waals surface area contributed by atoms with Crippen LogP contribution in [0.15, 0.2) is 59.5 Å². The van der Waals surface area contributed by atoms with Crippen LogP contribution in [0, 0.1) is 0 Å². The lowest BCUT2D eigenvalue weighted by molar-refractivity contribution is -0.0440. The summed E-state index contributed by atoms with van der Waals surface area (Å²) in [6.07, 6.45) is -0.362. The lowest BCUT2D eigenvalue weighted by Gasteiger charge is -2.34. The summed E-state index contributed by atoms with van der Waals surface area (Å²) in [6, 6.07) is 14.6. The smallest absolute Gasteiger partial charge is 0.343 e. The van der Waals surface area contributed by atoms with Gasteiger partial charge in [0.1, 0.15) is 5.75 Å². The molecule has 0 aromatic heterocycles. The van der Waals surface area contributed by atoms with Gasteiger partial charge >= 0.3 is 5.97 Å². The predicted octanol–water partition coefficient (Wildman–Crippen LogP) is 2.70. The maximum absolute atomic E-state index is 12.9. The first-order valence-corrected chi connectivity index (χ1v) is 9.83. The molecular formula is C19H21NO5S. The number of hydrogen-bond acceptors (Lipinski definition) is 5. The van der Waals surface area contributed by atoms with Crippen LogP contribution in [0.3, 0.4) is 0 Å². The van der Waals surface area contributed by atoms with E-state index in [1.54, 1.807) is 30.3 Å². The minimum atomic E-state index is -3.71. The molecule has 1 saturated heterocycles. The quantitative estimate of drug-likeness (QED) is 0.607. The van der Waals surface area contributed by atoms with E-state index in [1.165, 1.54) is 22.5 Å². The van der Waals surface area contributed by atoms with Gasteiger partial charge in [-0.1, -0.05) is 24.3 Å². The van der Waals surface area contributed by atoms with Gasteiger partial charge in [0.15, 0.2) is 0 Å². The highest BCUT2D eigenvalue weighted by Crippen LogP contribution is 2.22. The van der Waals surface area contributed by atoms with Gasteiger partial charge in [0, 0.05) is 13.1 Å². The minimum absolute atomic E-state index is 0.0707. The van der Waals surface area contributed by atoms with Crippen LogP contribution in [-0.2, 0) is 14.8 Å².